The molecule has 0 heterocycles. The van der Waals surface area contributed by atoms with Gasteiger partial charge < -0.3 is 29.7 Å². The van der Waals surface area contributed by atoms with E-state index < -0.39 is 0 Å². The molecule has 0 aromatic heterocycles. The first-order valence-electron chi connectivity index (χ1n) is 0. The summed E-state index contributed by atoms with van der Waals surface area (Å²) in [6.07, 6.45) is 0. The SMILES string of the molecule is [CH3-].[CH3-].[CH3-].[CH3-].[RuH]. The van der Waals surface area contributed by atoms with Crippen molar-refractivity contribution in [3.63, 3.8) is 0 Å². The van der Waals surface area contributed by atoms with Crippen molar-refractivity contribution in [1.29, 1.82) is 0 Å². The van der Waals surface area contributed by atoms with Gasteiger partial charge in [-0.1, -0.05) is 0 Å². The Morgan fingerprint density at radius 3 is 0.400 bits per heavy atom. The molecule has 0 amide bonds. The predicted octanol–water partition coefficient (Wildman–Crippen LogP) is 1.53. The Bertz CT molecular complexity index is 3.61. The van der Waals surface area contributed by atoms with Crippen LogP contribution in [-0.4, -0.2) is 0 Å². The first-order valence-corrected chi connectivity index (χ1v) is 0. The molecule has 0 aromatic carbocycles. The Morgan fingerprint density at radius 1 is 0.400 bits per heavy atom. The summed E-state index contributed by atoms with van der Waals surface area (Å²) in [7, 11) is 0. The summed E-state index contributed by atoms with van der Waals surface area (Å²) in [4.78, 5) is 0. The first-order chi connectivity index (χ1) is 0. The van der Waals surface area contributed by atoms with Gasteiger partial charge in [-0.05, 0) is 0 Å². The van der Waals surface area contributed by atoms with E-state index in [9.17, 15) is 0 Å². The summed E-state index contributed by atoms with van der Waals surface area (Å²) in [5, 5.41) is 0. The third kappa shape index (κ3) is 81.9. The molecule has 1 heteroatoms. The molecule has 0 atom stereocenters. The average molecular weight is 162 g/mol. The summed E-state index contributed by atoms with van der Waals surface area (Å²) in [5.74, 6) is 0. The Balaban J connectivity index is 0. The maximum atomic E-state index is 0. The molecular weight excluding hydrogens is 149 g/mol. The third-order valence-corrected chi connectivity index (χ3v) is 0. The van der Waals surface area contributed by atoms with Crippen LogP contribution in [0.5, 0.6) is 0 Å². The van der Waals surface area contributed by atoms with Crippen molar-refractivity contribution in [3.8, 4) is 0 Å². The summed E-state index contributed by atoms with van der Waals surface area (Å²) < 4.78 is 0. The monoisotopic (exact) mass is 163 g/mol. The van der Waals surface area contributed by atoms with Gasteiger partial charge in [0.15, 0.2) is 0 Å². The van der Waals surface area contributed by atoms with Crippen LogP contribution in [0.15, 0.2) is 0 Å². The molecule has 0 unspecified atom stereocenters. The first kappa shape index (κ1) is 309. The van der Waals surface area contributed by atoms with Crippen molar-refractivity contribution in [1.82, 2.24) is 0 Å². The Kier molecular flexibility index (Phi) is 9660. The van der Waals surface area contributed by atoms with E-state index in [1.807, 2.05) is 0 Å². The fourth-order valence-corrected chi connectivity index (χ4v) is 0. The molecule has 5 heavy (non-hydrogen) atoms. The normalized spacial score (nSPS) is 0. The van der Waals surface area contributed by atoms with Crippen molar-refractivity contribution < 1.29 is 19.5 Å². The quantitative estimate of drug-likeness (QED) is 0.374. The van der Waals surface area contributed by atoms with Crippen LogP contribution in [0.4, 0.5) is 0 Å². The van der Waals surface area contributed by atoms with Crippen molar-refractivity contribution in [2.45, 2.75) is 0 Å². The van der Waals surface area contributed by atoms with Crippen molar-refractivity contribution in [3.05, 3.63) is 29.7 Å². The molecule has 0 nitrogen and oxygen atoms in total. The predicted molar refractivity (Wildman–Crippen MR) is 27.1 cm³/mol. The molecule has 0 spiro atoms. The zero-order valence-electron chi connectivity index (χ0n) is 4.38. The van der Waals surface area contributed by atoms with Crippen LogP contribution >= 0.6 is 0 Å². The van der Waals surface area contributed by atoms with Crippen molar-refractivity contribution >= 4 is 0 Å². The Hall–Kier alpha value is 0.623. The molecule has 0 saturated heterocycles. The number of hydrogen-bond donors (Lipinski definition) is 0. The molecule has 41 valence electrons. The van der Waals surface area contributed by atoms with Crippen LogP contribution < -0.4 is 0 Å². The molecule has 0 aliphatic heterocycles. The maximum absolute atomic E-state index is 0. The summed E-state index contributed by atoms with van der Waals surface area (Å²) >= 11 is 0. The van der Waals surface area contributed by atoms with Gasteiger partial charge in [-0.2, -0.15) is 0 Å². The number of rotatable bonds is 0. The van der Waals surface area contributed by atoms with E-state index in [1.54, 1.807) is 0 Å². The van der Waals surface area contributed by atoms with E-state index in [0.29, 0.717) is 0 Å². The van der Waals surface area contributed by atoms with Gasteiger partial charge in [0, 0.05) is 0 Å². The van der Waals surface area contributed by atoms with E-state index in [0.717, 1.165) is 0 Å². The van der Waals surface area contributed by atoms with E-state index in [-0.39, 0.29) is 49.2 Å². The van der Waals surface area contributed by atoms with Crippen LogP contribution in [-0.2, 0) is 19.5 Å². The molecule has 0 radical (unpaired) electrons. The molecular formula is C4H13Ru-4. The second kappa shape index (κ2) is 156. The van der Waals surface area contributed by atoms with E-state index in [4.69, 9.17) is 0 Å². The summed E-state index contributed by atoms with van der Waals surface area (Å²) in [6, 6.07) is 0. The van der Waals surface area contributed by atoms with Crippen LogP contribution in [0.1, 0.15) is 0 Å². The van der Waals surface area contributed by atoms with Gasteiger partial charge in [0.1, 0.15) is 0 Å². The van der Waals surface area contributed by atoms with Gasteiger partial charge in [-0.15, -0.1) is 0 Å². The summed E-state index contributed by atoms with van der Waals surface area (Å²) in [5.41, 5.74) is 0. The van der Waals surface area contributed by atoms with Crippen molar-refractivity contribution in [2.75, 3.05) is 0 Å². The molecule has 0 aromatic rings. The minimum absolute atomic E-state index is 0. The van der Waals surface area contributed by atoms with Gasteiger partial charge in [0.2, 0.25) is 0 Å². The van der Waals surface area contributed by atoms with E-state index in [2.05, 4.69) is 0 Å². The van der Waals surface area contributed by atoms with Crippen LogP contribution in [0.2, 0.25) is 0 Å². The van der Waals surface area contributed by atoms with E-state index in [1.165, 1.54) is 0 Å². The molecule has 0 fully saturated rings. The van der Waals surface area contributed by atoms with E-state index >= 15 is 0 Å². The Morgan fingerprint density at radius 2 is 0.400 bits per heavy atom. The molecule has 0 saturated carbocycles. The second-order valence-corrected chi connectivity index (χ2v) is 0. The van der Waals surface area contributed by atoms with Gasteiger partial charge in [0.25, 0.3) is 0 Å². The third-order valence-electron chi connectivity index (χ3n) is 0. The second-order valence-electron chi connectivity index (χ2n) is 0. The zero-order valence-corrected chi connectivity index (χ0v) is 6.24. The molecule has 0 aliphatic carbocycles. The molecule has 0 bridgehead atoms. The zero-order chi connectivity index (χ0) is 0. The summed E-state index contributed by atoms with van der Waals surface area (Å²) in [6.45, 7) is 0. The van der Waals surface area contributed by atoms with Gasteiger partial charge in [-0.3, -0.25) is 0 Å². The van der Waals surface area contributed by atoms with Crippen LogP contribution in [0.3, 0.4) is 0 Å². The molecule has 0 aliphatic rings. The van der Waals surface area contributed by atoms with Crippen LogP contribution in [0, 0.1) is 29.7 Å². The molecule has 0 N–H and O–H groups in total. The standard InChI is InChI=1S/4CH3.Ru.H/h4*1H3;;/q4*-1;;. The topological polar surface area (TPSA) is 0 Å². The van der Waals surface area contributed by atoms with Gasteiger partial charge >= 0.3 is 19.5 Å². The van der Waals surface area contributed by atoms with Gasteiger partial charge in [-0.25, -0.2) is 0 Å². The fraction of sp³-hybridized carbons (Fsp3) is 0. The Labute approximate surface area is 49.7 Å². The molecule has 0 rings (SSSR count). The van der Waals surface area contributed by atoms with Crippen molar-refractivity contribution in [2.24, 2.45) is 0 Å². The minimum atomic E-state index is 0. The van der Waals surface area contributed by atoms with Crippen LogP contribution in [0.25, 0.3) is 0 Å². The van der Waals surface area contributed by atoms with Gasteiger partial charge in [0.05, 0.1) is 0 Å². The number of hydrogen-bond acceptors (Lipinski definition) is 0. The fourth-order valence-electron chi connectivity index (χ4n) is 0. The average Bonchev–Trinajstić information content (AvgIpc) is 0.